The quantitative estimate of drug-likeness (QED) is 0.375. The molecule has 1 aromatic rings. The minimum Gasteiger partial charge on any atom is -0.480 e. The number of aliphatic carboxylic acids is 1. The second kappa shape index (κ2) is 9.85. The Balaban J connectivity index is 2.33. The summed E-state index contributed by atoms with van der Waals surface area (Å²) in [5.41, 5.74) is 8.76. The fourth-order valence-electron chi connectivity index (χ4n) is 3.09. The normalized spacial score (nSPS) is 16.7. The van der Waals surface area contributed by atoms with Crippen molar-refractivity contribution in [3.05, 3.63) is 34.7 Å². The molecule has 0 aliphatic carbocycles. The summed E-state index contributed by atoms with van der Waals surface area (Å²) >= 11 is 0. The van der Waals surface area contributed by atoms with Crippen LogP contribution in [0.25, 0.3) is 10.4 Å². The lowest BCUT2D eigenvalue weighted by atomic mass is 10.0. The van der Waals surface area contributed by atoms with Gasteiger partial charge >= 0.3 is 5.97 Å². The van der Waals surface area contributed by atoms with Gasteiger partial charge in [-0.2, -0.15) is 4.31 Å². The summed E-state index contributed by atoms with van der Waals surface area (Å²) in [6.45, 7) is 6.32. The summed E-state index contributed by atoms with van der Waals surface area (Å²) in [4.78, 5) is 16.5. The fraction of sp³-hybridized carbons (Fsp3) is 0.588. The molecule has 10 nitrogen and oxygen atoms in total. The van der Waals surface area contributed by atoms with Gasteiger partial charge in [-0.25, -0.2) is 8.42 Å². The maximum Gasteiger partial charge on any atom is 0.322 e. The van der Waals surface area contributed by atoms with E-state index in [1.54, 1.807) is 13.8 Å². The minimum atomic E-state index is -4.06. The van der Waals surface area contributed by atoms with Crippen molar-refractivity contribution < 1.29 is 23.1 Å². The highest BCUT2D eigenvalue weighted by Gasteiger charge is 2.38. The molecule has 2 rings (SSSR count). The van der Waals surface area contributed by atoms with Crippen LogP contribution in [0.5, 0.6) is 0 Å². The average molecular weight is 411 g/mol. The zero-order chi connectivity index (χ0) is 20.7. The Morgan fingerprint density at radius 3 is 2.43 bits per heavy atom. The van der Waals surface area contributed by atoms with Crippen LogP contribution in [0.1, 0.15) is 13.8 Å². The molecule has 11 heteroatoms. The number of carboxylic acid groups (broad SMARTS) is 1. The van der Waals surface area contributed by atoms with Gasteiger partial charge < -0.3 is 9.84 Å². The van der Waals surface area contributed by atoms with E-state index in [0.717, 1.165) is 4.31 Å². The van der Waals surface area contributed by atoms with Crippen molar-refractivity contribution in [2.45, 2.75) is 24.8 Å². The highest BCUT2D eigenvalue weighted by Crippen LogP contribution is 2.24. The van der Waals surface area contributed by atoms with Crippen LogP contribution < -0.4 is 0 Å². The molecular formula is C17H25N5O5S. The number of sulfonamides is 1. The number of ether oxygens (including phenoxy) is 1. The number of hydrogen-bond acceptors (Lipinski definition) is 6. The monoisotopic (exact) mass is 411 g/mol. The first-order valence-corrected chi connectivity index (χ1v) is 10.4. The number of rotatable bonds is 9. The summed E-state index contributed by atoms with van der Waals surface area (Å²) in [5, 5.41) is 13.1. The molecule has 154 valence electrons. The molecule has 0 bridgehead atoms. The second-order valence-electron chi connectivity index (χ2n) is 6.78. The molecule has 1 N–H and O–H groups in total. The van der Waals surface area contributed by atoms with Crippen LogP contribution in [0.4, 0.5) is 5.69 Å². The van der Waals surface area contributed by atoms with E-state index in [-0.39, 0.29) is 17.1 Å². The van der Waals surface area contributed by atoms with Crippen LogP contribution in [-0.2, 0) is 19.6 Å². The molecule has 28 heavy (non-hydrogen) atoms. The van der Waals surface area contributed by atoms with Gasteiger partial charge in [0.15, 0.2) is 0 Å². The Kier molecular flexibility index (Phi) is 7.78. The van der Waals surface area contributed by atoms with Crippen molar-refractivity contribution in [3.8, 4) is 0 Å². The average Bonchev–Trinajstić information content (AvgIpc) is 2.65. The lowest BCUT2D eigenvalue weighted by molar-refractivity contribution is -0.143. The van der Waals surface area contributed by atoms with Gasteiger partial charge in [0.2, 0.25) is 10.0 Å². The van der Waals surface area contributed by atoms with Gasteiger partial charge in [0.05, 0.1) is 18.1 Å². The number of azide groups is 1. The summed E-state index contributed by atoms with van der Waals surface area (Å²) in [6, 6.07) is 4.22. The van der Waals surface area contributed by atoms with E-state index in [1.807, 2.05) is 0 Å². The van der Waals surface area contributed by atoms with E-state index in [9.17, 15) is 18.3 Å². The third-order valence-corrected chi connectivity index (χ3v) is 6.43. The fourth-order valence-corrected chi connectivity index (χ4v) is 4.79. The molecule has 0 aromatic heterocycles. The molecule has 1 saturated heterocycles. The van der Waals surface area contributed by atoms with Gasteiger partial charge in [0, 0.05) is 36.8 Å². The van der Waals surface area contributed by atoms with Crippen molar-refractivity contribution in [2.24, 2.45) is 11.0 Å². The van der Waals surface area contributed by atoms with Crippen LogP contribution in [0.3, 0.4) is 0 Å². The van der Waals surface area contributed by atoms with Gasteiger partial charge in [-0.3, -0.25) is 9.69 Å². The first-order valence-electron chi connectivity index (χ1n) is 8.97. The molecular weight excluding hydrogens is 386 g/mol. The van der Waals surface area contributed by atoms with Crippen LogP contribution in [0.15, 0.2) is 34.3 Å². The number of benzene rings is 1. The van der Waals surface area contributed by atoms with E-state index in [1.165, 1.54) is 24.3 Å². The third kappa shape index (κ3) is 5.43. The minimum absolute atomic E-state index is 0.0433. The Morgan fingerprint density at radius 1 is 1.32 bits per heavy atom. The van der Waals surface area contributed by atoms with E-state index >= 15 is 0 Å². The largest absolute Gasteiger partial charge is 0.480 e. The first kappa shape index (κ1) is 22.1. The Morgan fingerprint density at radius 2 is 1.93 bits per heavy atom. The molecule has 0 saturated carbocycles. The standard InChI is InChI=1S/C17H25N5O5S/c1-13(2)16(17(23)24)22(8-7-21-9-11-27-12-10-21)28(25,26)15-5-3-14(4-6-15)19-20-18/h3-6,13,16H,7-12H2,1-2H3,(H,23,24). The number of hydrogen-bond donors (Lipinski definition) is 1. The van der Waals surface area contributed by atoms with Crippen LogP contribution in [-0.4, -0.2) is 74.1 Å². The molecule has 1 fully saturated rings. The lowest BCUT2D eigenvalue weighted by Gasteiger charge is -2.33. The number of carboxylic acids is 1. The van der Waals surface area contributed by atoms with Crippen molar-refractivity contribution in [2.75, 3.05) is 39.4 Å². The molecule has 0 radical (unpaired) electrons. The lowest BCUT2D eigenvalue weighted by Crippen LogP contribution is -2.51. The van der Waals surface area contributed by atoms with Crippen molar-refractivity contribution >= 4 is 21.7 Å². The van der Waals surface area contributed by atoms with Gasteiger partial charge in [-0.15, -0.1) is 0 Å². The smallest absolute Gasteiger partial charge is 0.322 e. The first-order chi connectivity index (χ1) is 13.3. The molecule has 0 spiro atoms. The Hall–Kier alpha value is -2.17. The van der Waals surface area contributed by atoms with Crippen molar-refractivity contribution in [1.82, 2.24) is 9.21 Å². The van der Waals surface area contributed by atoms with E-state index in [0.29, 0.717) is 32.8 Å². The van der Waals surface area contributed by atoms with Crippen LogP contribution in [0.2, 0.25) is 0 Å². The molecule has 1 atom stereocenters. The number of morpholine rings is 1. The molecule has 1 unspecified atom stereocenters. The molecule has 1 aromatic carbocycles. The van der Waals surface area contributed by atoms with Crippen molar-refractivity contribution in [3.63, 3.8) is 0 Å². The molecule has 1 aliphatic rings. The van der Waals surface area contributed by atoms with Crippen LogP contribution >= 0.6 is 0 Å². The Labute approximate surface area is 164 Å². The van der Waals surface area contributed by atoms with E-state index < -0.39 is 28.0 Å². The summed E-state index contributed by atoms with van der Waals surface area (Å²) in [6.07, 6.45) is 0. The predicted octanol–water partition coefficient (Wildman–Crippen LogP) is 2.06. The predicted molar refractivity (Wildman–Crippen MR) is 103 cm³/mol. The SMILES string of the molecule is CC(C)C(C(=O)O)N(CCN1CCOCC1)S(=O)(=O)c1ccc(N=[N+]=[N-])cc1. The van der Waals surface area contributed by atoms with Gasteiger partial charge in [0.25, 0.3) is 0 Å². The number of nitrogens with zero attached hydrogens (tertiary/aromatic N) is 5. The van der Waals surface area contributed by atoms with Gasteiger partial charge in [0.1, 0.15) is 6.04 Å². The third-order valence-electron chi connectivity index (χ3n) is 4.54. The summed E-state index contributed by atoms with van der Waals surface area (Å²) in [5.74, 6) is -1.61. The van der Waals surface area contributed by atoms with E-state index in [2.05, 4.69) is 14.9 Å². The highest BCUT2D eigenvalue weighted by molar-refractivity contribution is 7.89. The Bertz CT molecular complexity index is 815. The maximum absolute atomic E-state index is 13.2. The van der Waals surface area contributed by atoms with Gasteiger partial charge in [-0.05, 0) is 23.6 Å². The van der Waals surface area contributed by atoms with Crippen LogP contribution in [0, 0.1) is 5.92 Å². The zero-order valence-electron chi connectivity index (χ0n) is 15.9. The highest BCUT2D eigenvalue weighted by atomic mass is 32.2. The van der Waals surface area contributed by atoms with E-state index in [4.69, 9.17) is 10.3 Å². The van der Waals surface area contributed by atoms with Crippen molar-refractivity contribution in [1.29, 1.82) is 0 Å². The summed E-state index contributed by atoms with van der Waals surface area (Å²) in [7, 11) is -4.06. The topological polar surface area (TPSA) is 136 Å². The molecule has 1 aliphatic heterocycles. The molecule has 0 amide bonds. The summed E-state index contributed by atoms with van der Waals surface area (Å²) < 4.78 is 32.8. The maximum atomic E-state index is 13.2. The van der Waals surface area contributed by atoms with Gasteiger partial charge in [-0.1, -0.05) is 31.1 Å². The molecule has 1 heterocycles. The number of carbonyl (C=O) groups is 1. The zero-order valence-corrected chi connectivity index (χ0v) is 16.7. The second-order valence-corrected chi connectivity index (χ2v) is 8.67.